The van der Waals surface area contributed by atoms with Gasteiger partial charge in [-0.15, -0.1) is 11.3 Å². The standard InChI is InChI=1S/C21H15N7OS/c29-20(21-27-16-4-1-2-5-17(16)30-21)26-15-8-6-14(7-9-15)25-18-12-19(23-13-22-18)28-11-3-10-24-28/h1-13H,(H,26,29)(H,22,23,25). The molecule has 0 fully saturated rings. The molecule has 146 valence electrons. The lowest BCUT2D eigenvalue weighted by molar-refractivity contribution is 0.102. The summed E-state index contributed by atoms with van der Waals surface area (Å²) >= 11 is 1.37. The molecule has 0 aliphatic heterocycles. The van der Waals surface area contributed by atoms with E-state index < -0.39 is 0 Å². The highest BCUT2D eigenvalue weighted by atomic mass is 32.1. The molecule has 0 spiro atoms. The zero-order valence-corrected chi connectivity index (χ0v) is 16.4. The van der Waals surface area contributed by atoms with Crippen LogP contribution in [0.2, 0.25) is 0 Å². The van der Waals surface area contributed by atoms with E-state index in [4.69, 9.17) is 0 Å². The van der Waals surface area contributed by atoms with Crippen molar-refractivity contribution in [2.24, 2.45) is 0 Å². The van der Waals surface area contributed by atoms with Gasteiger partial charge in [-0.05, 0) is 42.5 Å². The summed E-state index contributed by atoms with van der Waals surface area (Å²) in [4.78, 5) is 25.3. The fraction of sp³-hybridized carbons (Fsp3) is 0. The third kappa shape index (κ3) is 3.74. The van der Waals surface area contributed by atoms with Crippen LogP contribution >= 0.6 is 11.3 Å². The minimum absolute atomic E-state index is 0.225. The molecule has 1 amide bonds. The molecule has 8 nitrogen and oxygen atoms in total. The molecule has 5 aromatic rings. The minimum atomic E-state index is -0.225. The Morgan fingerprint density at radius 1 is 0.967 bits per heavy atom. The van der Waals surface area contributed by atoms with Gasteiger partial charge in [0.15, 0.2) is 10.8 Å². The number of fused-ring (bicyclic) bond motifs is 1. The predicted molar refractivity (Wildman–Crippen MR) is 116 cm³/mol. The third-order valence-electron chi connectivity index (χ3n) is 4.30. The van der Waals surface area contributed by atoms with Crippen molar-refractivity contribution in [1.82, 2.24) is 24.7 Å². The summed E-state index contributed by atoms with van der Waals surface area (Å²) < 4.78 is 2.65. The maximum Gasteiger partial charge on any atom is 0.284 e. The van der Waals surface area contributed by atoms with Crippen molar-refractivity contribution in [3.8, 4) is 5.82 Å². The second-order valence-electron chi connectivity index (χ2n) is 6.36. The van der Waals surface area contributed by atoms with Crippen LogP contribution in [-0.4, -0.2) is 30.6 Å². The van der Waals surface area contributed by atoms with E-state index in [2.05, 4.69) is 30.7 Å². The molecule has 2 aromatic carbocycles. The number of carbonyl (C=O) groups is 1. The number of para-hydroxylation sites is 1. The van der Waals surface area contributed by atoms with Gasteiger partial charge in [-0.1, -0.05) is 12.1 Å². The van der Waals surface area contributed by atoms with Gasteiger partial charge in [0.05, 0.1) is 10.2 Å². The summed E-state index contributed by atoms with van der Waals surface area (Å²) in [6.07, 6.45) is 4.98. The molecule has 2 N–H and O–H groups in total. The quantitative estimate of drug-likeness (QED) is 0.447. The predicted octanol–water partition coefficient (Wildman–Crippen LogP) is 4.27. The number of amides is 1. The van der Waals surface area contributed by atoms with Gasteiger partial charge < -0.3 is 10.6 Å². The first-order valence-electron chi connectivity index (χ1n) is 9.11. The highest BCUT2D eigenvalue weighted by molar-refractivity contribution is 7.20. The molecule has 0 unspecified atom stereocenters. The summed E-state index contributed by atoms with van der Waals surface area (Å²) in [6.45, 7) is 0. The fourth-order valence-electron chi connectivity index (χ4n) is 2.88. The first kappa shape index (κ1) is 18.0. The second kappa shape index (κ2) is 7.72. The Bertz CT molecular complexity index is 1280. The van der Waals surface area contributed by atoms with Crippen LogP contribution in [0.25, 0.3) is 16.0 Å². The fourth-order valence-corrected chi connectivity index (χ4v) is 3.74. The van der Waals surface area contributed by atoms with Gasteiger partial charge in [-0.2, -0.15) is 5.10 Å². The average molecular weight is 413 g/mol. The summed E-state index contributed by atoms with van der Waals surface area (Å²) in [5, 5.41) is 10.7. The van der Waals surface area contributed by atoms with Crippen molar-refractivity contribution in [1.29, 1.82) is 0 Å². The first-order chi connectivity index (χ1) is 14.7. The summed E-state index contributed by atoms with van der Waals surface area (Å²) in [6, 6.07) is 18.7. The van der Waals surface area contributed by atoms with Gasteiger partial charge in [0, 0.05) is 29.8 Å². The molecule has 0 saturated heterocycles. The topological polar surface area (TPSA) is 97.6 Å². The van der Waals surface area contributed by atoms with Crippen LogP contribution in [0, 0.1) is 0 Å². The SMILES string of the molecule is O=C(Nc1ccc(Nc2cc(-n3cccn3)ncn2)cc1)c1nc2ccccc2s1. The Balaban J connectivity index is 1.27. The summed E-state index contributed by atoms with van der Waals surface area (Å²) in [7, 11) is 0. The lowest BCUT2D eigenvalue weighted by Gasteiger charge is -2.08. The van der Waals surface area contributed by atoms with Crippen molar-refractivity contribution >= 4 is 44.7 Å². The zero-order chi connectivity index (χ0) is 20.3. The van der Waals surface area contributed by atoms with Crippen LogP contribution in [0.3, 0.4) is 0 Å². The van der Waals surface area contributed by atoms with E-state index in [0.29, 0.717) is 22.3 Å². The van der Waals surface area contributed by atoms with Gasteiger partial charge in [0.25, 0.3) is 5.91 Å². The second-order valence-corrected chi connectivity index (χ2v) is 7.39. The Morgan fingerprint density at radius 3 is 2.60 bits per heavy atom. The van der Waals surface area contributed by atoms with Crippen molar-refractivity contribution in [3.63, 3.8) is 0 Å². The number of aromatic nitrogens is 5. The van der Waals surface area contributed by atoms with E-state index in [-0.39, 0.29) is 5.91 Å². The molecule has 0 bridgehead atoms. The number of hydrogen-bond acceptors (Lipinski definition) is 7. The van der Waals surface area contributed by atoms with Crippen LogP contribution < -0.4 is 10.6 Å². The van der Waals surface area contributed by atoms with Crippen molar-refractivity contribution in [2.45, 2.75) is 0 Å². The molecule has 0 aliphatic carbocycles. The van der Waals surface area contributed by atoms with E-state index in [1.165, 1.54) is 17.7 Å². The zero-order valence-electron chi connectivity index (χ0n) is 15.6. The monoisotopic (exact) mass is 413 g/mol. The third-order valence-corrected chi connectivity index (χ3v) is 5.33. The molecule has 0 radical (unpaired) electrons. The number of thiazole rings is 1. The van der Waals surface area contributed by atoms with Crippen molar-refractivity contribution in [3.05, 3.63) is 84.4 Å². The number of carbonyl (C=O) groups excluding carboxylic acids is 1. The molecule has 0 atom stereocenters. The Hall–Kier alpha value is -4.11. The Morgan fingerprint density at radius 2 is 1.80 bits per heavy atom. The molecule has 3 heterocycles. The molecular formula is C21H15N7OS. The van der Waals surface area contributed by atoms with Gasteiger partial charge in [0.1, 0.15) is 12.1 Å². The lowest BCUT2D eigenvalue weighted by Crippen LogP contribution is -2.11. The van der Waals surface area contributed by atoms with Gasteiger partial charge >= 0.3 is 0 Å². The maximum absolute atomic E-state index is 12.5. The van der Waals surface area contributed by atoms with Crippen molar-refractivity contribution in [2.75, 3.05) is 10.6 Å². The number of hydrogen-bond donors (Lipinski definition) is 2. The molecule has 0 aliphatic rings. The number of anilines is 3. The smallest absolute Gasteiger partial charge is 0.284 e. The van der Waals surface area contributed by atoms with E-state index in [9.17, 15) is 4.79 Å². The van der Waals surface area contributed by atoms with Gasteiger partial charge in [0.2, 0.25) is 0 Å². The van der Waals surface area contributed by atoms with Crippen LogP contribution in [0.4, 0.5) is 17.2 Å². The molecular weight excluding hydrogens is 398 g/mol. The Labute approximate surface area is 175 Å². The van der Waals surface area contributed by atoms with Gasteiger partial charge in [-0.3, -0.25) is 4.79 Å². The molecule has 5 rings (SSSR count). The maximum atomic E-state index is 12.5. The normalized spacial score (nSPS) is 10.8. The molecule has 3 aromatic heterocycles. The van der Waals surface area contributed by atoms with Crippen LogP contribution in [0.1, 0.15) is 9.80 Å². The van der Waals surface area contributed by atoms with Crippen LogP contribution in [-0.2, 0) is 0 Å². The van der Waals surface area contributed by atoms with E-state index in [1.807, 2.05) is 60.8 Å². The highest BCUT2D eigenvalue weighted by Crippen LogP contribution is 2.23. The number of nitrogens with zero attached hydrogens (tertiary/aromatic N) is 5. The van der Waals surface area contributed by atoms with Gasteiger partial charge in [-0.25, -0.2) is 19.6 Å². The molecule has 0 saturated carbocycles. The Kier molecular flexibility index (Phi) is 4.62. The van der Waals surface area contributed by atoms with Crippen LogP contribution in [0.5, 0.6) is 0 Å². The van der Waals surface area contributed by atoms with Crippen LogP contribution in [0.15, 0.2) is 79.4 Å². The van der Waals surface area contributed by atoms with E-state index >= 15 is 0 Å². The minimum Gasteiger partial charge on any atom is -0.340 e. The molecule has 9 heteroatoms. The highest BCUT2D eigenvalue weighted by Gasteiger charge is 2.12. The number of nitrogens with one attached hydrogen (secondary N) is 2. The average Bonchev–Trinajstić information content (AvgIpc) is 3.45. The summed E-state index contributed by atoms with van der Waals surface area (Å²) in [5.41, 5.74) is 2.34. The molecule has 30 heavy (non-hydrogen) atoms. The number of benzene rings is 2. The van der Waals surface area contributed by atoms with E-state index in [1.54, 1.807) is 16.9 Å². The van der Waals surface area contributed by atoms with Crippen molar-refractivity contribution < 1.29 is 4.79 Å². The largest absolute Gasteiger partial charge is 0.340 e. The van der Waals surface area contributed by atoms with E-state index in [0.717, 1.165) is 15.9 Å². The first-order valence-corrected chi connectivity index (χ1v) is 9.92. The number of rotatable bonds is 5. The summed E-state index contributed by atoms with van der Waals surface area (Å²) in [5.74, 6) is 1.08. The lowest BCUT2D eigenvalue weighted by atomic mass is 10.2.